The van der Waals surface area contributed by atoms with E-state index in [-0.39, 0.29) is 12.1 Å². The summed E-state index contributed by atoms with van der Waals surface area (Å²) in [6.45, 7) is 2.80. The van der Waals surface area contributed by atoms with Crippen molar-refractivity contribution in [1.82, 2.24) is 24.7 Å². The number of ether oxygens (including phenoxy) is 1. The van der Waals surface area contributed by atoms with E-state index in [0.29, 0.717) is 17.8 Å². The van der Waals surface area contributed by atoms with Crippen LogP contribution in [-0.4, -0.2) is 50.5 Å². The molecule has 0 radical (unpaired) electrons. The minimum absolute atomic E-state index is 0.151. The Hall–Kier alpha value is -2.22. The Morgan fingerprint density at radius 1 is 1.30 bits per heavy atom. The summed E-state index contributed by atoms with van der Waals surface area (Å²) in [4.78, 5) is 13.0. The van der Waals surface area contributed by atoms with Gasteiger partial charge in [-0.2, -0.15) is 20.1 Å². The van der Waals surface area contributed by atoms with E-state index in [4.69, 9.17) is 4.74 Å². The van der Waals surface area contributed by atoms with Gasteiger partial charge in [0.25, 0.3) is 5.95 Å². The first kappa shape index (κ1) is 12.8. The van der Waals surface area contributed by atoms with Gasteiger partial charge in [-0.1, -0.05) is 0 Å². The van der Waals surface area contributed by atoms with Crippen LogP contribution in [-0.2, 0) is 4.74 Å². The van der Waals surface area contributed by atoms with Crippen molar-refractivity contribution in [2.45, 2.75) is 25.5 Å². The molecule has 3 rings (SSSR count). The largest absolute Gasteiger partial charge is 0.376 e. The maximum absolute atomic E-state index is 5.53. The molecule has 1 aliphatic heterocycles. The van der Waals surface area contributed by atoms with Gasteiger partial charge in [-0.15, -0.1) is 0 Å². The van der Waals surface area contributed by atoms with Gasteiger partial charge in [0.05, 0.1) is 12.1 Å². The molecule has 2 unspecified atom stereocenters. The van der Waals surface area contributed by atoms with E-state index in [2.05, 4.69) is 30.7 Å². The second-order valence-corrected chi connectivity index (χ2v) is 4.60. The molecule has 0 amide bonds. The summed E-state index contributed by atoms with van der Waals surface area (Å²) < 4.78 is 7.13. The number of anilines is 2. The molecular formula is C12H17N7O. The van der Waals surface area contributed by atoms with E-state index in [1.807, 2.05) is 13.0 Å². The Labute approximate surface area is 116 Å². The van der Waals surface area contributed by atoms with Crippen LogP contribution >= 0.6 is 0 Å². The molecule has 2 aromatic rings. The highest BCUT2D eigenvalue weighted by atomic mass is 16.5. The van der Waals surface area contributed by atoms with E-state index in [1.54, 1.807) is 24.1 Å². The summed E-state index contributed by atoms with van der Waals surface area (Å²) in [5.41, 5.74) is 0. The van der Waals surface area contributed by atoms with E-state index in [9.17, 15) is 0 Å². The number of aromatic nitrogens is 5. The molecule has 20 heavy (non-hydrogen) atoms. The second kappa shape index (κ2) is 5.41. The predicted octanol–water partition coefficient (Wildman–Crippen LogP) is 0.688. The molecule has 0 aromatic carbocycles. The number of hydrogen-bond donors (Lipinski definition) is 2. The summed E-state index contributed by atoms with van der Waals surface area (Å²) in [6.07, 6.45) is 4.57. The summed E-state index contributed by atoms with van der Waals surface area (Å²) in [5.74, 6) is 1.50. The molecule has 2 N–H and O–H groups in total. The van der Waals surface area contributed by atoms with Crippen molar-refractivity contribution >= 4 is 11.9 Å². The van der Waals surface area contributed by atoms with Gasteiger partial charge in [-0.05, 0) is 19.4 Å². The van der Waals surface area contributed by atoms with Crippen LogP contribution in [0.25, 0.3) is 5.95 Å². The van der Waals surface area contributed by atoms with Crippen LogP contribution in [0.3, 0.4) is 0 Å². The van der Waals surface area contributed by atoms with Crippen LogP contribution in [0.5, 0.6) is 0 Å². The topological polar surface area (TPSA) is 89.8 Å². The fourth-order valence-corrected chi connectivity index (χ4v) is 2.12. The molecule has 0 spiro atoms. The predicted molar refractivity (Wildman–Crippen MR) is 73.9 cm³/mol. The van der Waals surface area contributed by atoms with E-state index >= 15 is 0 Å². The van der Waals surface area contributed by atoms with Crippen molar-refractivity contribution in [3.63, 3.8) is 0 Å². The number of hydrogen-bond acceptors (Lipinski definition) is 7. The Morgan fingerprint density at radius 2 is 2.15 bits per heavy atom. The molecule has 2 aromatic heterocycles. The highest BCUT2D eigenvalue weighted by molar-refractivity contribution is 5.38. The molecule has 2 atom stereocenters. The van der Waals surface area contributed by atoms with Crippen LogP contribution in [0.15, 0.2) is 18.5 Å². The lowest BCUT2D eigenvalue weighted by molar-refractivity contribution is 0.121. The molecule has 1 saturated heterocycles. The molecule has 1 aliphatic rings. The van der Waals surface area contributed by atoms with Crippen LogP contribution < -0.4 is 10.6 Å². The smallest absolute Gasteiger partial charge is 0.257 e. The van der Waals surface area contributed by atoms with Crippen molar-refractivity contribution < 1.29 is 4.74 Å². The van der Waals surface area contributed by atoms with E-state index in [0.717, 1.165) is 13.0 Å². The van der Waals surface area contributed by atoms with Crippen molar-refractivity contribution in [3.8, 4) is 5.95 Å². The van der Waals surface area contributed by atoms with Gasteiger partial charge in [0.2, 0.25) is 11.9 Å². The highest BCUT2D eigenvalue weighted by Gasteiger charge is 2.25. The Balaban J connectivity index is 1.88. The lowest BCUT2D eigenvalue weighted by Gasteiger charge is -2.16. The molecule has 0 aliphatic carbocycles. The monoisotopic (exact) mass is 275 g/mol. The maximum Gasteiger partial charge on any atom is 0.257 e. The lowest BCUT2D eigenvalue weighted by Crippen LogP contribution is -2.28. The van der Waals surface area contributed by atoms with Gasteiger partial charge in [-0.25, -0.2) is 4.68 Å². The maximum atomic E-state index is 5.53. The van der Waals surface area contributed by atoms with Gasteiger partial charge in [0.1, 0.15) is 0 Å². The zero-order valence-electron chi connectivity index (χ0n) is 11.4. The van der Waals surface area contributed by atoms with Gasteiger partial charge in [0.15, 0.2) is 0 Å². The second-order valence-electron chi connectivity index (χ2n) is 4.60. The molecule has 1 fully saturated rings. The van der Waals surface area contributed by atoms with Crippen LogP contribution in [0.1, 0.15) is 13.3 Å². The average molecular weight is 275 g/mol. The zero-order chi connectivity index (χ0) is 13.9. The summed E-state index contributed by atoms with van der Waals surface area (Å²) >= 11 is 0. The minimum Gasteiger partial charge on any atom is -0.376 e. The normalized spacial score (nSPS) is 21.9. The summed E-state index contributed by atoms with van der Waals surface area (Å²) in [5, 5.41) is 10.4. The van der Waals surface area contributed by atoms with Crippen molar-refractivity contribution in [3.05, 3.63) is 18.5 Å². The molecule has 106 valence electrons. The SMILES string of the molecule is CNc1nc(NC2CCOC2C)nc(-n2cccn2)n1. The fourth-order valence-electron chi connectivity index (χ4n) is 2.12. The van der Waals surface area contributed by atoms with Crippen molar-refractivity contribution in [2.24, 2.45) is 0 Å². The van der Waals surface area contributed by atoms with Crippen molar-refractivity contribution in [1.29, 1.82) is 0 Å². The zero-order valence-corrected chi connectivity index (χ0v) is 11.4. The molecule has 0 bridgehead atoms. The Morgan fingerprint density at radius 3 is 2.80 bits per heavy atom. The van der Waals surface area contributed by atoms with E-state index in [1.165, 1.54) is 0 Å². The summed E-state index contributed by atoms with van der Waals surface area (Å²) in [7, 11) is 1.77. The molecule has 0 saturated carbocycles. The molecule has 8 heteroatoms. The van der Waals surface area contributed by atoms with Gasteiger partial charge < -0.3 is 15.4 Å². The molecule has 8 nitrogen and oxygen atoms in total. The lowest BCUT2D eigenvalue weighted by atomic mass is 10.2. The third-order valence-electron chi connectivity index (χ3n) is 3.25. The van der Waals surface area contributed by atoms with Gasteiger partial charge in [0, 0.05) is 26.0 Å². The van der Waals surface area contributed by atoms with Crippen molar-refractivity contribution in [2.75, 3.05) is 24.3 Å². The summed E-state index contributed by atoms with van der Waals surface area (Å²) in [6, 6.07) is 2.04. The molecular weight excluding hydrogens is 258 g/mol. The number of nitrogens with zero attached hydrogens (tertiary/aromatic N) is 5. The Bertz CT molecular complexity index is 571. The van der Waals surface area contributed by atoms with Gasteiger partial charge >= 0.3 is 0 Å². The standard InChI is InChI=1S/C12H17N7O/c1-8-9(4-7-20-8)15-11-16-10(13-2)17-12(18-11)19-6-3-5-14-19/h3,5-6,8-9H,4,7H2,1-2H3,(H2,13,15,16,17,18). The third kappa shape index (κ3) is 2.55. The number of nitrogens with one attached hydrogen (secondary N) is 2. The highest BCUT2D eigenvalue weighted by Crippen LogP contribution is 2.17. The van der Waals surface area contributed by atoms with Crippen LogP contribution in [0.4, 0.5) is 11.9 Å². The first-order valence-electron chi connectivity index (χ1n) is 6.58. The number of rotatable bonds is 4. The average Bonchev–Trinajstić information content (AvgIpc) is 3.11. The van der Waals surface area contributed by atoms with Gasteiger partial charge in [-0.3, -0.25) is 0 Å². The van der Waals surface area contributed by atoms with Crippen LogP contribution in [0, 0.1) is 0 Å². The fraction of sp³-hybridized carbons (Fsp3) is 0.500. The minimum atomic E-state index is 0.151. The third-order valence-corrected chi connectivity index (χ3v) is 3.25. The first-order valence-corrected chi connectivity index (χ1v) is 6.58. The first-order chi connectivity index (χ1) is 9.76. The molecule has 3 heterocycles. The van der Waals surface area contributed by atoms with E-state index < -0.39 is 0 Å². The Kier molecular flexibility index (Phi) is 3.46. The van der Waals surface area contributed by atoms with Crippen LogP contribution in [0.2, 0.25) is 0 Å². The quantitative estimate of drug-likeness (QED) is 0.848.